The van der Waals surface area contributed by atoms with E-state index in [1.807, 2.05) is 0 Å². The second-order valence-corrected chi connectivity index (χ2v) is 2.23. The standard InChI is InChI=1S/C6H14N2O2.Na/c7-4-2-1-3-5(8)6(9)10;/h5H,1-4,7-8H2,(H,9,10);/q;+1. The van der Waals surface area contributed by atoms with Crippen molar-refractivity contribution < 1.29 is 39.5 Å². The van der Waals surface area contributed by atoms with Crippen LogP contribution in [0.2, 0.25) is 0 Å². The third-order valence-electron chi connectivity index (χ3n) is 1.29. The predicted molar refractivity (Wildman–Crippen MR) is 38.5 cm³/mol. The van der Waals surface area contributed by atoms with Gasteiger partial charge in [0.25, 0.3) is 0 Å². The molecule has 0 fully saturated rings. The van der Waals surface area contributed by atoms with E-state index in [9.17, 15) is 4.79 Å². The summed E-state index contributed by atoms with van der Waals surface area (Å²) in [5.74, 6) is -0.933. The number of nitrogens with two attached hydrogens (primary N) is 2. The summed E-state index contributed by atoms with van der Waals surface area (Å²) in [6.07, 6.45) is 2.16. The first-order valence-electron chi connectivity index (χ1n) is 3.37. The second-order valence-electron chi connectivity index (χ2n) is 2.23. The van der Waals surface area contributed by atoms with Crippen LogP contribution in [0.25, 0.3) is 0 Å². The average molecular weight is 169 g/mol. The fraction of sp³-hybridized carbons (Fsp3) is 0.833. The van der Waals surface area contributed by atoms with E-state index in [4.69, 9.17) is 16.6 Å². The van der Waals surface area contributed by atoms with Gasteiger partial charge in [0.15, 0.2) is 0 Å². The third-order valence-corrected chi connectivity index (χ3v) is 1.29. The fourth-order valence-electron chi connectivity index (χ4n) is 0.632. The molecular formula is C6H14N2NaO2+. The zero-order valence-corrected chi connectivity index (χ0v) is 8.92. The minimum atomic E-state index is -0.933. The van der Waals surface area contributed by atoms with E-state index in [0.29, 0.717) is 13.0 Å². The van der Waals surface area contributed by atoms with E-state index in [1.165, 1.54) is 0 Å². The molecule has 0 aromatic heterocycles. The van der Waals surface area contributed by atoms with Crippen LogP contribution in [0.4, 0.5) is 0 Å². The van der Waals surface area contributed by atoms with Gasteiger partial charge in [0.05, 0.1) is 0 Å². The van der Waals surface area contributed by atoms with Crippen molar-refractivity contribution in [1.29, 1.82) is 0 Å². The summed E-state index contributed by atoms with van der Waals surface area (Å²) in [7, 11) is 0. The minimum Gasteiger partial charge on any atom is -0.480 e. The molecule has 60 valence electrons. The largest absolute Gasteiger partial charge is 1.00 e. The Morgan fingerprint density at radius 2 is 2.00 bits per heavy atom. The Labute approximate surface area is 88.6 Å². The first kappa shape index (κ1) is 13.9. The van der Waals surface area contributed by atoms with Crippen LogP contribution < -0.4 is 41.0 Å². The summed E-state index contributed by atoms with van der Waals surface area (Å²) in [6, 6.07) is -0.716. The van der Waals surface area contributed by atoms with Crippen LogP contribution in [0, 0.1) is 0 Å². The van der Waals surface area contributed by atoms with E-state index >= 15 is 0 Å². The third kappa shape index (κ3) is 8.29. The molecule has 0 saturated carbocycles. The smallest absolute Gasteiger partial charge is 0.480 e. The number of carbonyl (C=O) groups is 1. The number of hydrogen-bond acceptors (Lipinski definition) is 3. The van der Waals surface area contributed by atoms with Gasteiger partial charge in [0, 0.05) is 0 Å². The molecule has 0 aliphatic heterocycles. The average Bonchev–Trinajstić information content (AvgIpc) is 1.88. The zero-order chi connectivity index (χ0) is 7.98. The summed E-state index contributed by atoms with van der Waals surface area (Å²) in [5, 5.41) is 8.33. The molecule has 4 nitrogen and oxygen atoms in total. The van der Waals surface area contributed by atoms with Crippen molar-refractivity contribution in [3.05, 3.63) is 0 Å². The molecule has 0 aliphatic rings. The van der Waals surface area contributed by atoms with E-state index in [-0.39, 0.29) is 29.6 Å². The SMILES string of the molecule is NCCCCC(N)C(=O)O.[Na+]. The zero-order valence-electron chi connectivity index (χ0n) is 6.92. The van der Waals surface area contributed by atoms with Crippen LogP contribution >= 0.6 is 0 Å². The second kappa shape index (κ2) is 8.49. The van der Waals surface area contributed by atoms with Crippen LogP contribution in [0.15, 0.2) is 0 Å². The quantitative estimate of drug-likeness (QED) is 0.295. The minimum absolute atomic E-state index is 0. The van der Waals surface area contributed by atoms with E-state index < -0.39 is 12.0 Å². The summed E-state index contributed by atoms with van der Waals surface area (Å²) in [5.41, 5.74) is 10.4. The van der Waals surface area contributed by atoms with Crippen molar-refractivity contribution in [2.75, 3.05) is 6.54 Å². The molecule has 0 amide bonds. The molecule has 0 aromatic carbocycles. The van der Waals surface area contributed by atoms with Gasteiger partial charge in [0.2, 0.25) is 0 Å². The molecule has 0 aromatic rings. The molecule has 0 radical (unpaired) electrons. The van der Waals surface area contributed by atoms with Crippen LogP contribution in [0.3, 0.4) is 0 Å². The fourth-order valence-corrected chi connectivity index (χ4v) is 0.632. The summed E-state index contributed by atoms with van der Waals surface area (Å²) in [6.45, 7) is 0.604. The first-order valence-corrected chi connectivity index (χ1v) is 3.37. The van der Waals surface area contributed by atoms with Crippen LogP contribution in [0.5, 0.6) is 0 Å². The molecule has 0 rings (SSSR count). The van der Waals surface area contributed by atoms with Gasteiger partial charge in [-0.15, -0.1) is 0 Å². The van der Waals surface area contributed by atoms with Crippen molar-refractivity contribution in [2.45, 2.75) is 25.3 Å². The Morgan fingerprint density at radius 1 is 1.45 bits per heavy atom. The van der Waals surface area contributed by atoms with Crippen molar-refractivity contribution in [1.82, 2.24) is 0 Å². The molecule has 0 saturated heterocycles. The van der Waals surface area contributed by atoms with Crippen LogP contribution in [-0.4, -0.2) is 23.7 Å². The number of carboxylic acid groups (broad SMARTS) is 1. The van der Waals surface area contributed by atoms with Gasteiger partial charge < -0.3 is 16.6 Å². The maximum Gasteiger partial charge on any atom is 1.00 e. The monoisotopic (exact) mass is 169 g/mol. The maximum absolute atomic E-state index is 10.1. The summed E-state index contributed by atoms with van der Waals surface area (Å²) in [4.78, 5) is 10.1. The van der Waals surface area contributed by atoms with Gasteiger partial charge in [-0.05, 0) is 19.4 Å². The molecule has 0 bridgehead atoms. The van der Waals surface area contributed by atoms with Crippen molar-refractivity contribution in [3.8, 4) is 0 Å². The molecular weight excluding hydrogens is 155 g/mol. The predicted octanol–water partition coefficient (Wildman–Crippen LogP) is -3.47. The molecule has 5 N–H and O–H groups in total. The van der Waals surface area contributed by atoms with Gasteiger partial charge >= 0.3 is 35.5 Å². The number of hydrogen-bond donors (Lipinski definition) is 3. The number of rotatable bonds is 5. The Hall–Kier alpha value is 0.390. The normalized spacial score (nSPS) is 11.8. The van der Waals surface area contributed by atoms with E-state index in [0.717, 1.165) is 12.8 Å². The Balaban J connectivity index is 0. The van der Waals surface area contributed by atoms with Crippen molar-refractivity contribution in [2.24, 2.45) is 11.5 Å². The first-order chi connectivity index (χ1) is 4.68. The summed E-state index contributed by atoms with van der Waals surface area (Å²) >= 11 is 0. The molecule has 0 spiro atoms. The number of aliphatic carboxylic acids is 1. The Bertz CT molecular complexity index is 111. The van der Waals surface area contributed by atoms with E-state index in [2.05, 4.69) is 0 Å². The maximum atomic E-state index is 10.1. The summed E-state index contributed by atoms with van der Waals surface area (Å²) < 4.78 is 0. The molecule has 0 heterocycles. The van der Waals surface area contributed by atoms with Gasteiger partial charge in [-0.25, -0.2) is 0 Å². The van der Waals surface area contributed by atoms with Gasteiger partial charge in [0.1, 0.15) is 6.04 Å². The van der Waals surface area contributed by atoms with Crippen molar-refractivity contribution in [3.63, 3.8) is 0 Å². The number of unbranched alkanes of at least 4 members (excludes halogenated alkanes) is 1. The van der Waals surface area contributed by atoms with Gasteiger partial charge in [-0.1, -0.05) is 6.42 Å². The Kier molecular flexibility index (Phi) is 10.8. The molecule has 1 unspecified atom stereocenters. The van der Waals surface area contributed by atoms with Gasteiger partial charge in [-0.2, -0.15) is 0 Å². The van der Waals surface area contributed by atoms with Crippen LogP contribution in [-0.2, 0) is 4.79 Å². The molecule has 11 heavy (non-hydrogen) atoms. The topological polar surface area (TPSA) is 89.3 Å². The van der Waals surface area contributed by atoms with E-state index in [1.54, 1.807) is 0 Å². The molecule has 1 atom stereocenters. The Morgan fingerprint density at radius 3 is 2.36 bits per heavy atom. The number of carboxylic acids is 1. The molecule has 5 heteroatoms. The molecule has 0 aliphatic carbocycles. The van der Waals surface area contributed by atoms with Gasteiger partial charge in [-0.3, -0.25) is 4.79 Å². The van der Waals surface area contributed by atoms with Crippen LogP contribution in [0.1, 0.15) is 19.3 Å². The van der Waals surface area contributed by atoms with Crippen molar-refractivity contribution >= 4 is 5.97 Å².